The van der Waals surface area contributed by atoms with Gasteiger partial charge in [-0.15, -0.1) is 11.3 Å². The van der Waals surface area contributed by atoms with Crippen LogP contribution < -0.4 is 5.32 Å². The van der Waals surface area contributed by atoms with Gasteiger partial charge in [-0.25, -0.2) is 0 Å². The number of nitrogens with zero attached hydrogens (tertiary/aromatic N) is 3. The molecule has 7 heteroatoms. The van der Waals surface area contributed by atoms with Crippen LogP contribution >= 0.6 is 11.3 Å². The van der Waals surface area contributed by atoms with Gasteiger partial charge in [0, 0.05) is 31.1 Å². The molecule has 0 radical (unpaired) electrons. The molecule has 2 aromatic rings. The topological polar surface area (TPSA) is 72.5 Å². The summed E-state index contributed by atoms with van der Waals surface area (Å²) in [5.74, 6) is 0.962. The van der Waals surface area contributed by atoms with E-state index >= 15 is 0 Å². The van der Waals surface area contributed by atoms with Gasteiger partial charge in [-0.05, 0) is 43.4 Å². The van der Waals surface area contributed by atoms with E-state index in [0.29, 0.717) is 12.1 Å². The van der Waals surface area contributed by atoms with Crippen LogP contribution in [0, 0.1) is 11.3 Å². The van der Waals surface area contributed by atoms with E-state index in [0.717, 1.165) is 62.7 Å². The zero-order valence-electron chi connectivity index (χ0n) is 16.8. The number of furan rings is 1. The molecule has 6 nitrogen and oxygen atoms in total. The number of carbonyl (C=O) groups excluding carboxylic acids is 1. The van der Waals surface area contributed by atoms with Crippen LogP contribution in [0.2, 0.25) is 0 Å². The lowest BCUT2D eigenvalue weighted by Gasteiger charge is -2.33. The molecular weight excluding hydrogens is 384 g/mol. The molecule has 29 heavy (non-hydrogen) atoms. The van der Waals surface area contributed by atoms with Gasteiger partial charge >= 0.3 is 0 Å². The van der Waals surface area contributed by atoms with E-state index < -0.39 is 0 Å². The standard InChI is InChI=1S/C22H28N4O2S/c23-14-19-18-7-3-1-2-4-8-20(18)29-22(19)24-21(27)16-26-11-9-25(10-12-26)15-17-6-5-13-28-17/h5-6,13H,1-4,7-12,15-16H2,(H,24,27). The number of hydrogen-bond acceptors (Lipinski definition) is 6. The van der Waals surface area contributed by atoms with Gasteiger partial charge in [-0.3, -0.25) is 14.6 Å². The minimum atomic E-state index is -0.0183. The van der Waals surface area contributed by atoms with Crippen molar-refractivity contribution >= 4 is 22.2 Å². The largest absolute Gasteiger partial charge is 0.468 e. The molecule has 2 aromatic heterocycles. The van der Waals surface area contributed by atoms with Crippen molar-refractivity contribution in [3.63, 3.8) is 0 Å². The van der Waals surface area contributed by atoms with E-state index in [-0.39, 0.29) is 5.91 Å². The Bertz CT molecular complexity index is 860. The number of rotatable bonds is 5. The van der Waals surface area contributed by atoms with Crippen LogP contribution in [-0.4, -0.2) is 48.4 Å². The highest BCUT2D eigenvalue weighted by atomic mass is 32.1. The first kappa shape index (κ1) is 20.1. The predicted molar refractivity (Wildman–Crippen MR) is 114 cm³/mol. The summed E-state index contributed by atoms with van der Waals surface area (Å²) in [6.07, 6.45) is 8.49. The minimum absolute atomic E-state index is 0.0183. The van der Waals surface area contributed by atoms with Crippen LogP contribution in [0.25, 0.3) is 0 Å². The first-order valence-electron chi connectivity index (χ1n) is 10.5. The second-order valence-electron chi connectivity index (χ2n) is 7.91. The Labute approximate surface area is 176 Å². The number of nitriles is 1. The number of aryl methyl sites for hydroxylation is 1. The Morgan fingerprint density at radius 2 is 1.90 bits per heavy atom. The lowest BCUT2D eigenvalue weighted by Crippen LogP contribution is -2.48. The van der Waals surface area contributed by atoms with Gasteiger partial charge in [-0.1, -0.05) is 12.8 Å². The zero-order valence-corrected chi connectivity index (χ0v) is 17.6. The number of hydrogen-bond donors (Lipinski definition) is 1. The Hall–Kier alpha value is -2.14. The van der Waals surface area contributed by atoms with E-state index in [2.05, 4.69) is 21.2 Å². The Balaban J connectivity index is 1.31. The average molecular weight is 413 g/mol. The molecule has 0 spiro atoms. The maximum atomic E-state index is 12.7. The highest BCUT2D eigenvalue weighted by molar-refractivity contribution is 7.16. The van der Waals surface area contributed by atoms with Crippen molar-refractivity contribution in [3.8, 4) is 6.07 Å². The monoisotopic (exact) mass is 412 g/mol. The number of fused-ring (bicyclic) bond motifs is 1. The van der Waals surface area contributed by atoms with Gasteiger partial charge < -0.3 is 9.73 Å². The van der Waals surface area contributed by atoms with Crippen molar-refractivity contribution in [2.75, 3.05) is 38.0 Å². The van der Waals surface area contributed by atoms with E-state index in [9.17, 15) is 10.1 Å². The summed E-state index contributed by atoms with van der Waals surface area (Å²) in [7, 11) is 0. The summed E-state index contributed by atoms with van der Waals surface area (Å²) in [5.41, 5.74) is 1.88. The Morgan fingerprint density at radius 3 is 2.62 bits per heavy atom. The molecular formula is C22H28N4O2S. The van der Waals surface area contributed by atoms with Crippen LogP contribution in [0.15, 0.2) is 22.8 Å². The lowest BCUT2D eigenvalue weighted by molar-refractivity contribution is -0.117. The zero-order chi connectivity index (χ0) is 20.1. The molecule has 1 aliphatic heterocycles. The quantitative estimate of drug-likeness (QED) is 0.812. The molecule has 0 aromatic carbocycles. The first-order chi connectivity index (χ1) is 14.2. The normalized spacial score (nSPS) is 18.4. The molecule has 0 bridgehead atoms. The summed E-state index contributed by atoms with van der Waals surface area (Å²) in [4.78, 5) is 18.5. The number of carbonyl (C=O) groups is 1. The minimum Gasteiger partial charge on any atom is -0.468 e. The Kier molecular flexibility index (Phi) is 6.65. The second kappa shape index (κ2) is 9.57. The number of nitrogens with one attached hydrogen (secondary N) is 1. The van der Waals surface area contributed by atoms with E-state index in [1.807, 2.05) is 12.1 Å². The molecule has 1 fully saturated rings. The van der Waals surface area contributed by atoms with E-state index in [1.165, 1.54) is 29.7 Å². The fraction of sp³-hybridized carbons (Fsp3) is 0.545. The summed E-state index contributed by atoms with van der Waals surface area (Å²) < 4.78 is 5.42. The molecule has 0 unspecified atom stereocenters. The van der Waals surface area contributed by atoms with Crippen molar-refractivity contribution in [1.82, 2.24) is 9.80 Å². The maximum Gasteiger partial charge on any atom is 0.239 e. The molecule has 1 N–H and O–H groups in total. The summed E-state index contributed by atoms with van der Waals surface area (Å²) in [5, 5.41) is 13.5. The van der Waals surface area contributed by atoms with Gasteiger partial charge in [0.1, 0.15) is 16.8 Å². The molecule has 1 amide bonds. The highest BCUT2D eigenvalue weighted by Crippen LogP contribution is 2.36. The van der Waals surface area contributed by atoms with Crippen LogP contribution in [-0.2, 0) is 24.2 Å². The maximum absolute atomic E-state index is 12.7. The van der Waals surface area contributed by atoms with Gasteiger partial charge in [0.05, 0.1) is 24.9 Å². The highest BCUT2D eigenvalue weighted by Gasteiger charge is 2.23. The molecule has 0 saturated carbocycles. The fourth-order valence-corrected chi connectivity index (χ4v) is 5.48. The van der Waals surface area contributed by atoms with Gasteiger partial charge in [0.25, 0.3) is 0 Å². The van der Waals surface area contributed by atoms with Crippen molar-refractivity contribution in [3.05, 3.63) is 40.2 Å². The molecule has 2 aliphatic rings. The third-order valence-electron chi connectivity index (χ3n) is 5.83. The van der Waals surface area contributed by atoms with Crippen molar-refractivity contribution in [2.24, 2.45) is 0 Å². The van der Waals surface area contributed by atoms with E-state index in [1.54, 1.807) is 17.6 Å². The summed E-state index contributed by atoms with van der Waals surface area (Å²) in [6, 6.07) is 6.27. The van der Waals surface area contributed by atoms with Crippen LogP contribution in [0.5, 0.6) is 0 Å². The number of piperazine rings is 1. The first-order valence-corrected chi connectivity index (χ1v) is 11.4. The molecule has 0 atom stereocenters. The van der Waals surface area contributed by atoms with Crippen LogP contribution in [0.1, 0.15) is 47.4 Å². The number of anilines is 1. The second-order valence-corrected chi connectivity index (χ2v) is 9.02. The summed E-state index contributed by atoms with van der Waals surface area (Å²) >= 11 is 1.61. The molecule has 154 valence electrons. The van der Waals surface area contributed by atoms with E-state index in [4.69, 9.17) is 4.42 Å². The average Bonchev–Trinajstić information content (AvgIpc) is 3.31. The lowest BCUT2D eigenvalue weighted by atomic mass is 9.97. The molecule has 1 saturated heterocycles. The molecule has 1 aliphatic carbocycles. The van der Waals surface area contributed by atoms with Crippen molar-refractivity contribution in [2.45, 2.75) is 45.1 Å². The third-order valence-corrected chi connectivity index (χ3v) is 7.03. The van der Waals surface area contributed by atoms with Gasteiger partial charge in [-0.2, -0.15) is 5.26 Å². The van der Waals surface area contributed by atoms with Gasteiger partial charge in [0.2, 0.25) is 5.91 Å². The summed E-state index contributed by atoms with van der Waals surface area (Å²) in [6.45, 7) is 4.76. The fourth-order valence-electron chi connectivity index (χ4n) is 4.22. The van der Waals surface area contributed by atoms with Crippen LogP contribution in [0.3, 0.4) is 0 Å². The smallest absolute Gasteiger partial charge is 0.239 e. The van der Waals surface area contributed by atoms with Crippen molar-refractivity contribution < 1.29 is 9.21 Å². The number of amides is 1. The predicted octanol–water partition coefficient (Wildman–Crippen LogP) is 3.63. The van der Waals surface area contributed by atoms with Crippen molar-refractivity contribution in [1.29, 1.82) is 5.26 Å². The van der Waals surface area contributed by atoms with Gasteiger partial charge in [0.15, 0.2) is 0 Å². The SMILES string of the molecule is N#Cc1c(NC(=O)CN2CCN(Cc3ccco3)CC2)sc2c1CCCCCC2. The Morgan fingerprint density at radius 1 is 1.14 bits per heavy atom. The van der Waals surface area contributed by atoms with Crippen LogP contribution in [0.4, 0.5) is 5.00 Å². The molecule has 3 heterocycles. The third kappa shape index (κ3) is 5.08. The molecule has 4 rings (SSSR count). The number of thiophene rings is 1.